The van der Waals surface area contributed by atoms with Crippen LogP contribution >= 0.6 is 0 Å². The van der Waals surface area contributed by atoms with E-state index in [0.717, 1.165) is 17.4 Å². The second-order valence-electron chi connectivity index (χ2n) is 8.26. The van der Waals surface area contributed by atoms with E-state index in [-0.39, 0.29) is 30.4 Å². The molecule has 1 atom stereocenters. The molecule has 1 N–H and O–H groups in total. The number of amides is 1. The van der Waals surface area contributed by atoms with Crippen molar-refractivity contribution < 1.29 is 14.3 Å². The standard InChI is InChI=1S/C21H27NO3/c1-13(16-5-3-2-4-6-16)22-19(23)12-25-21(24)20-17-8-14-7-15(10-17)11-18(20)9-14/h2-6,13-15,17-18,20H,7-12H2,1H3,(H,22,23)/t13-,14?,15?,17?,18?,20?/m1/s1. The topological polar surface area (TPSA) is 55.4 Å². The first-order valence-corrected chi connectivity index (χ1v) is 9.61. The first kappa shape index (κ1) is 16.6. The van der Waals surface area contributed by atoms with Gasteiger partial charge in [-0.25, -0.2) is 0 Å². The Balaban J connectivity index is 1.28. The van der Waals surface area contributed by atoms with E-state index in [1.54, 1.807) is 0 Å². The van der Waals surface area contributed by atoms with E-state index >= 15 is 0 Å². The number of carbonyl (C=O) groups excluding carboxylic acids is 2. The van der Waals surface area contributed by atoms with Gasteiger partial charge < -0.3 is 10.1 Å². The van der Waals surface area contributed by atoms with Crippen LogP contribution < -0.4 is 5.32 Å². The molecule has 4 heteroatoms. The Hall–Kier alpha value is -1.84. The fourth-order valence-electron chi connectivity index (χ4n) is 5.65. The van der Waals surface area contributed by atoms with E-state index in [2.05, 4.69) is 5.32 Å². The molecule has 1 aromatic rings. The Morgan fingerprint density at radius 1 is 1.04 bits per heavy atom. The van der Waals surface area contributed by atoms with E-state index in [1.807, 2.05) is 37.3 Å². The molecule has 0 spiro atoms. The second kappa shape index (κ2) is 6.81. The molecule has 0 heterocycles. The first-order chi connectivity index (χ1) is 12.1. The first-order valence-electron chi connectivity index (χ1n) is 9.61. The Bertz CT molecular complexity index is 614. The Morgan fingerprint density at radius 2 is 1.64 bits per heavy atom. The summed E-state index contributed by atoms with van der Waals surface area (Å²) in [5.74, 6) is 2.32. The van der Waals surface area contributed by atoms with E-state index in [0.29, 0.717) is 11.8 Å². The summed E-state index contributed by atoms with van der Waals surface area (Å²) in [6, 6.07) is 9.71. The smallest absolute Gasteiger partial charge is 0.310 e. The maximum Gasteiger partial charge on any atom is 0.310 e. The molecule has 0 aromatic heterocycles. The van der Waals surface area contributed by atoms with Gasteiger partial charge in [-0.2, -0.15) is 0 Å². The molecule has 0 saturated heterocycles. The number of hydrogen-bond donors (Lipinski definition) is 1. The molecule has 1 amide bonds. The van der Waals surface area contributed by atoms with Crippen LogP contribution in [0.15, 0.2) is 30.3 Å². The van der Waals surface area contributed by atoms with E-state index < -0.39 is 0 Å². The molecule has 0 unspecified atom stereocenters. The lowest BCUT2D eigenvalue weighted by Gasteiger charge is -2.53. The average Bonchev–Trinajstić information content (AvgIpc) is 2.60. The van der Waals surface area contributed by atoms with E-state index in [4.69, 9.17) is 4.74 Å². The van der Waals surface area contributed by atoms with Gasteiger partial charge in [0.1, 0.15) is 0 Å². The minimum Gasteiger partial charge on any atom is -0.455 e. The number of carbonyl (C=O) groups is 2. The van der Waals surface area contributed by atoms with Gasteiger partial charge in [-0.3, -0.25) is 9.59 Å². The summed E-state index contributed by atoms with van der Waals surface area (Å²) in [4.78, 5) is 24.7. The molecule has 4 aliphatic rings. The van der Waals surface area contributed by atoms with Gasteiger partial charge in [-0.1, -0.05) is 30.3 Å². The Morgan fingerprint density at radius 3 is 2.24 bits per heavy atom. The van der Waals surface area contributed by atoms with Gasteiger partial charge >= 0.3 is 5.97 Å². The minimum atomic E-state index is -0.228. The lowest BCUT2D eigenvalue weighted by molar-refractivity contribution is -0.164. The molecule has 4 fully saturated rings. The Labute approximate surface area is 149 Å². The van der Waals surface area contributed by atoms with Crippen LogP contribution in [-0.2, 0) is 14.3 Å². The summed E-state index contributed by atoms with van der Waals surface area (Å²) < 4.78 is 5.42. The molecular formula is C21H27NO3. The maximum atomic E-state index is 12.6. The normalized spacial score (nSPS) is 33.7. The number of nitrogens with one attached hydrogen (secondary N) is 1. The zero-order valence-electron chi connectivity index (χ0n) is 14.8. The van der Waals surface area contributed by atoms with Crippen molar-refractivity contribution in [2.45, 2.75) is 45.1 Å². The third kappa shape index (κ3) is 3.44. The van der Waals surface area contributed by atoms with Gasteiger partial charge in [-0.15, -0.1) is 0 Å². The van der Waals surface area contributed by atoms with Gasteiger partial charge in [0.25, 0.3) is 5.91 Å². The number of benzene rings is 1. The van der Waals surface area contributed by atoms with E-state index in [1.165, 1.54) is 32.1 Å². The highest BCUT2D eigenvalue weighted by Gasteiger charge is 2.51. The van der Waals surface area contributed by atoms with E-state index in [9.17, 15) is 9.59 Å². The summed E-state index contributed by atoms with van der Waals surface area (Å²) in [6.07, 6.45) is 6.11. The van der Waals surface area contributed by atoms with Crippen molar-refractivity contribution in [1.29, 1.82) is 0 Å². The van der Waals surface area contributed by atoms with Gasteiger partial charge in [0, 0.05) is 0 Å². The highest BCUT2D eigenvalue weighted by atomic mass is 16.5. The minimum absolute atomic E-state index is 0.0344. The van der Waals surface area contributed by atoms with Crippen LogP contribution in [-0.4, -0.2) is 18.5 Å². The van der Waals surface area contributed by atoms with Crippen LogP contribution in [0.25, 0.3) is 0 Å². The number of rotatable bonds is 5. The molecule has 0 aliphatic heterocycles. The molecule has 5 rings (SSSR count). The molecular weight excluding hydrogens is 314 g/mol. The SMILES string of the molecule is C[C@@H](NC(=O)COC(=O)C1C2CC3CC(C2)CC1C3)c1ccccc1. The maximum absolute atomic E-state index is 12.6. The summed E-state index contributed by atoms with van der Waals surface area (Å²) >= 11 is 0. The number of esters is 1. The van der Waals surface area contributed by atoms with Crippen molar-refractivity contribution in [3.8, 4) is 0 Å². The van der Waals surface area contributed by atoms with Crippen molar-refractivity contribution in [1.82, 2.24) is 5.32 Å². The second-order valence-corrected chi connectivity index (χ2v) is 8.26. The lowest BCUT2D eigenvalue weighted by atomic mass is 9.52. The average molecular weight is 341 g/mol. The number of hydrogen-bond acceptors (Lipinski definition) is 3. The van der Waals surface area contributed by atoms with Crippen molar-refractivity contribution in [3.63, 3.8) is 0 Å². The van der Waals surface area contributed by atoms with Crippen LogP contribution in [0.2, 0.25) is 0 Å². The molecule has 4 aliphatic carbocycles. The largest absolute Gasteiger partial charge is 0.455 e. The quantitative estimate of drug-likeness (QED) is 0.834. The highest BCUT2D eigenvalue weighted by Crippen LogP contribution is 2.56. The van der Waals surface area contributed by atoms with Crippen LogP contribution in [0.5, 0.6) is 0 Å². The molecule has 4 saturated carbocycles. The fraction of sp³-hybridized carbons (Fsp3) is 0.619. The zero-order chi connectivity index (χ0) is 17.4. The van der Waals surface area contributed by atoms with Crippen molar-refractivity contribution in [2.75, 3.05) is 6.61 Å². The summed E-state index contributed by atoms with van der Waals surface area (Å²) in [7, 11) is 0. The molecule has 25 heavy (non-hydrogen) atoms. The summed E-state index contributed by atoms with van der Waals surface area (Å²) in [6.45, 7) is 1.77. The van der Waals surface area contributed by atoms with Crippen molar-refractivity contribution in [3.05, 3.63) is 35.9 Å². The van der Waals surface area contributed by atoms with Crippen LogP contribution in [0.1, 0.15) is 50.6 Å². The third-order valence-electron chi connectivity index (χ3n) is 6.52. The van der Waals surface area contributed by atoms with Crippen LogP contribution in [0.3, 0.4) is 0 Å². The molecule has 4 nitrogen and oxygen atoms in total. The lowest BCUT2D eigenvalue weighted by Crippen LogP contribution is -2.48. The van der Waals surface area contributed by atoms with Gasteiger partial charge in [0.05, 0.1) is 12.0 Å². The van der Waals surface area contributed by atoms with Gasteiger partial charge in [-0.05, 0) is 68.3 Å². The summed E-state index contributed by atoms with van der Waals surface area (Å²) in [5.41, 5.74) is 1.04. The van der Waals surface area contributed by atoms with Crippen LogP contribution in [0, 0.1) is 29.6 Å². The van der Waals surface area contributed by atoms with Gasteiger partial charge in [0.15, 0.2) is 6.61 Å². The van der Waals surface area contributed by atoms with Crippen molar-refractivity contribution >= 4 is 11.9 Å². The third-order valence-corrected chi connectivity index (χ3v) is 6.52. The molecule has 4 bridgehead atoms. The molecule has 1 aromatic carbocycles. The predicted octanol–water partition coefficient (Wildman–Crippen LogP) is 3.48. The van der Waals surface area contributed by atoms with Gasteiger partial charge in [0.2, 0.25) is 0 Å². The Kier molecular flexibility index (Phi) is 4.53. The highest BCUT2D eigenvalue weighted by molar-refractivity contribution is 5.81. The predicted molar refractivity (Wildman–Crippen MR) is 94.5 cm³/mol. The zero-order valence-corrected chi connectivity index (χ0v) is 14.8. The number of ether oxygens (including phenoxy) is 1. The van der Waals surface area contributed by atoms with Crippen LogP contribution in [0.4, 0.5) is 0 Å². The molecule has 0 radical (unpaired) electrons. The summed E-state index contributed by atoms with van der Waals surface area (Å²) in [5, 5.41) is 2.90. The van der Waals surface area contributed by atoms with Crippen molar-refractivity contribution in [2.24, 2.45) is 29.6 Å². The molecule has 134 valence electrons. The monoisotopic (exact) mass is 341 g/mol. The fourth-order valence-corrected chi connectivity index (χ4v) is 5.65.